The molecule has 0 radical (unpaired) electrons. The summed E-state index contributed by atoms with van der Waals surface area (Å²) in [7, 11) is 0. The molecule has 1 aliphatic heterocycles. The second kappa shape index (κ2) is 6.45. The molecule has 1 saturated heterocycles. The quantitative estimate of drug-likeness (QED) is 0.910. The minimum Gasteiger partial charge on any atom is -0.396 e. The van der Waals surface area contributed by atoms with Gasteiger partial charge < -0.3 is 10.0 Å². The van der Waals surface area contributed by atoms with E-state index in [1.165, 1.54) is 18.4 Å². The highest BCUT2D eigenvalue weighted by Crippen LogP contribution is 2.52. The highest BCUT2D eigenvalue weighted by atomic mass is 35.5. The number of carbonyl (C=O) groups is 1. The van der Waals surface area contributed by atoms with E-state index in [1.807, 2.05) is 17.9 Å². The number of aliphatic hydroxyl groups excluding tert-OH is 1. The van der Waals surface area contributed by atoms with Crippen LogP contribution in [-0.4, -0.2) is 35.6 Å². The molecule has 0 bridgehead atoms. The first-order chi connectivity index (χ1) is 11.0. The lowest BCUT2D eigenvalue weighted by atomic mass is 9.76. The summed E-state index contributed by atoms with van der Waals surface area (Å²) in [6.45, 7) is 5.71. The Balaban J connectivity index is 1.61. The van der Waals surface area contributed by atoms with Crippen molar-refractivity contribution in [1.29, 1.82) is 0 Å². The first-order valence-electron chi connectivity index (χ1n) is 8.64. The van der Waals surface area contributed by atoms with Crippen LogP contribution in [0.1, 0.15) is 49.7 Å². The zero-order valence-corrected chi connectivity index (χ0v) is 14.8. The molecule has 1 spiro atoms. The van der Waals surface area contributed by atoms with Gasteiger partial charge in [-0.2, -0.15) is 0 Å². The van der Waals surface area contributed by atoms with E-state index in [9.17, 15) is 9.90 Å². The number of aryl methyl sites for hydroxylation is 1. The van der Waals surface area contributed by atoms with Gasteiger partial charge in [0.2, 0.25) is 5.91 Å². The van der Waals surface area contributed by atoms with Crippen LogP contribution in [0, 0.1) is 18.3 Å². The van der Waals surface area contributed by atoms with Crippen LogP contribution >= 0.6 is 11.6 Å². The number of hydrogen-bond donors (Lipinski definition) is 1. The van der Waals surface area contributed by atoms with Gasteiger partial charge in [0.05, 0.1) is 12.5 Å². The maximum absolute atomic E-state index is 12.3. The fourth-order valence-corrected chi connectivity index (χ4v) is 4.38. The van der Waals surface area contributed by atoms with Crippen molar-refractivity contribution in [1.82, 2.24) is 4.90 Å². The number of rotatable bonds is 4. The van der Waals surface area contributed by atoms with Crippen LogP contribution < -0.4 is 0 Å². The first kappa shape index (κ1) is 16.8. The van der Waals surface area contributed by atoms with Crippen LogP contribution in [0.4, 0.5) is 0 Å². The number of hydrogen-bond acceptors (Lipinski definition) is 2. The van der Waals surface area contributed by atoms with E-state index in [2.05, 4.69) is 19.1 Å². The Bertz CT molecular complexity index is 591. The number of benzene rings is 1. The predicted molar refractivity (Wildman–Crippen MR) is 92.7 cm³/mol. The summed E-state index contributed by atoms with van der Waals surface area (Å²) in [4.78, 5) is 14.3. The molecule has 0 aromatic heterocycles. The van der Waals surface area contributed by atoms with E-state index in [0.717, 1.165) is 30.1 Å². The van der Waals surface area contributed by atoms with Gasteiger partial charge in [-0.05, 0) is 55.7 Å². The number of carbonyl (C=O) groups excluding carboxylic acids is 1. The summed E-state index contributed by atoms with van der Waals surface area (Å²) in [6, 6.07) is 6.37. The standard InChI is InChI=1S/C19H26ClNO2/c1-3-14(10-22)18(23)21-11-19(12-21)7-6-16(9-19)15-4-5-17(20)13(2)8-15/h4-5,8,14,16,22H,3,6-7,9-12H2,1-2H3/t14-,16?/m1/s1. The maximum atomic E-state index is 12.3. The fourth-order valence-electron chi connectivity index (χ4n) is 4.26. The topological polar surface area (TPSA) is 40.5 Å². The van der Waals surface area contributed by atoms with Crippen LogP contribution in [0.5, 0.6) is 0 Å². The molecule has 2 fully saturated rings. The molecule has 1 unspecified atom stereocenters. The van der Waals surface area contributed by atoms with Crippen molar-refractivity contribution in [2.45, 2.75) is 45.4 Å². The Morgan fingerprint density at radius 2 is 2.22 bits per heavy atom. The van der Waals surface area contributed by atoms with E-state index >= 15 is 0 Å². The van der Waals surface area contributed by atoms with Gasteiger partial charge in [0.15, 0.2) is 0 Å². The van der Waals surface area contributed by atoms with Crippen molar-refractivity contribution in [3.63, 3.8) is 0 Å². The van der Waals surface area contributed by atoms with Gasteiger partial charge in [-0.3, -0.25) is 4.79 Å². The average Bonchev–Trinajstić information content (AvgIpc) is 2.95. The summed E-state index contributed by atoms with van der Waals surface area (Å²) < 4.78 is 0. The van der Waals surface area contributed by atoms with E-state index in [1.54, 1.807) is 0 Å². The Morgan fingerprint density at radius 1 is 1.48 bits per heavy atom. The van der Waals surface area contributed by atoms with Crippen LogP contribution in [0.2, 0.25) is 5.02 Å². The normalized spacial score (nSPS) is 23.8. The Hall–Kier alpha value is -1.06. The highest BCUT2D eigenvalue weighted by molar-refractivity contribution is 6.31. The lowest BCUT2D eigenvalue weighted by Gasteiger charge is -2.49. The molecular formula is C19H26ClNO2. The van der Waals surface area contributed by atoms with Crippen LogP contribution in [0.3, 0.4) is 0 Å². The molecule has 3 nitrogen and oxygen atoms in total. The number of amides is 1. The molecule has 2 atom stereocenters. The summed E-state index contributed by atoms with van der Waals surface area (Å²) in [5.41, 5.74) is 2.83. The highest BCUT2D eigenvalue weighted by Gasteiger charge is 2.50. The Kier molecular flexibility index (Phi) is 4.70. The fraction of sp³-hybridized carbons (Fsp3) is 0.632. The second-order valence-corrected chi connectivity index (χ2v) is 7.84. The SMILES string of the molecule is CC[C@H](CO)C(=O)N1CC2(CCC(c3ccc(Cl)c(C)c3)C2)C1. The first-order valence-corrected chi connectivity index (χ1v) is 9.01. The zero-order chi connectivity index (χ0) is 16.6. The van der Waals surface area contributed by atoms with Crippen molar-refractivity contribution in [3.8, 4) is 0 Å². The largest absolute Gasteiger partial charge is 0.396 e. The molecule has 1 aromatic carbocycles. The Labute approximate surface area is 143 Å². The Morgan fingerprint density at radius 3 is 2.83 bits per heavy atom. The van der Waals surface area contributed by atoms with Gasteiger partial charge in [0.25, 0.3) is 0 Å². The van der Waals surface area contributed by atoms with Crippen LogP contribution in [0.25, 0.3) is 0 Å². The van der Waals surface area contributed by atoms with Gasteiger partial charge >= 0.3 is 0 Å². The average molecular weight is 336 g/mol. The van der Waals surface area contributed by atoms with Gasteiger partial charge in [-0.1, -0.05) is 30.7 Å². The molecule has 2 aliphatic rings. The van der Waals surface area contributed by atoms with Gasteiger partial charge in [0, 0.05) is 23.5 Å². The monoisotopic (exact) mass is 335 g/mol. The lowest BCUT2D eigenvalue weighted by molar-refractivity contribution is -0.149. The van der Waals surface area contributed by atoms with E-state index in [4.69, 9.17) is 11.6 Å². The summed E-state index contributed by atoms with van der Waals surface area (Å²) in [5.74, 6) is 0.498. The van der Waals surface area contributed by atoms with Gasteiger partial charge in [-0.15, -0.1) is 0 Å². The third kappa shape index (κ3) is 3.14. The number of halogens is 1. The zero-order valence-electron chi connectivity index (χ0n) is 14.0. The van der Waals surface area contributed by atoms with Crippen molar-refractivity contribution in [2.75, 3.05) is 19.7 Å². The molecule has 1 N–H and O–H groups in total. The summed E-state index contributed by atoms with van der Waals surface area (Å²) in [5, 5.41) is 10.1. The second-order valence-electron chi connectivity index (χ2n) is 7.43. The van der Waals surface area contributed by atoms with Gasteiger partial charge in [0.1, 0.15) is 0 Å². The molecule has 1 amide bonds. The van der Waals surface area contributed by atoms with Gasteiger partial charge in [-0.25, -0.2) is 0 Å². The smallest absolute Gasteiger partial charge is 0.228 e. The maximum Gasteiger partial charge on any atom is 0.228 e. The van der Waals surface area contributed by atoms with Crippen LogP contribution in [-0.2, 0) is 4.79 Å². The molecule has 1 aliphatic carbocycles. The molecule has 3 rings (SSSR count). The number of likely N-dealkylation sites (tertiary alicyclic amines) is 1. The summed E-state index contributed by atoms with van der Waals surface area (Å²) >= 11 is 6.13. The molecule has 1 saturated carbocycles. The summed E-state index contributed by atoms with van der Waals surface area (Å²) in [6.07, 6.45) is 4.26. The van der Waals surface area contributed by atoms with Crippen molar-refractivity contribution in [3.05, 3.63) is 34.3 Å². The van der Waals surface area contributed by atoms with E-state index in [-0.39, 0.29) is 18.4 Å². The third-order valence-corrected chi connectivity index (χ3v) is 6.21. The predicted octanol–water partition coefficient (Wildman–Crippen LogP) is 3.76. The molecular weight excluding hydrogens is 310 g/mol. The third-order valence-electron chi connectivity index (χ3n) is 5.78. The van der Waals surface area contributed by atoms with Crippen molar-refractivity contribution >= 4 is 17.5 Å². The van der Waals surface area contributed by atoms with E-state index < -0.39 is 0 Å². The number of nitrogens with zero attached hydrogens (tertiary/aromatic N) is 1. The number of aliphatic hydroxyl groups is 1. The minimum atomic E-state index is -0.219. The molecule has 4 heteroatoms. The van der Waals surface area contributed by atoms with Crippen LogP contribution in [0.15, 0.2) is 18.2 Å². The lowest BCUT2D eigenvalue weighted by Crippen LogP contribution is -2.58. The minimum absolute atomic E-state index is 0.0362. The molecule has 126 valence electrons. The molecule has 1 aromatic rings. The van der Waals surface area contributed by atoms with E-state index in [0.29, 0.717) is 17.8 Å². The molecule has 23 heavy (non-hydrogen) atoms. The molecule has 1 heterocycles. The van der Waals surface area contributed by atoms with Crippen molar-refractivity contribution < 1.29 is 9.90 Å². The van der Waals surface area contributed by atoms with Crippen molar-refractivity contribution in [2.24, 2.45) is 11.3 Å².